The van der Waals surface area contributed by atoms with Crippen LogP contribution in [0.25, 0.3) is 0 Å². The third-order valence-electron chi connectivity index (χ3n) is 3.21. The highest BCUT2D eigenvalue weighted by Gasteiger charge is 2.39. The van der Waals surface area contributed by atoms with E-state index in [2.05, 4.69) is 11.2 Å². The van der Waals surface area contributed by atoms with E-state index in [0.717, 1.165) is 19.3 Å². The van der Waals surface area contributed by atoms with Crippen LogP contribution in [-0.2, 0) is 4.79 Å². The molecular weight excluding hydrogens is 200 g/mol. The first kappa shape index (κ1) is 15.0. The molecule has 0 aromatic rings. The molecule has 3 nitrogen and oxygen atoms in total. The normalized spacial score (nSPS) is 12.0. The van der Waals surface area contributed by atoms with Gasteiger partial charge in [0.2, 0.25) is 5.91 Å². The average Bonchev–Trinajstić information content (AvgIpc) is 2.15. The maximum absolute atomic E-state index is 11.9. The lowest BCUT2D eigenvalue weighted by Gasteiger charge is -2.36. The van der Waals surface area contributed by atoms with E-state index in [1.807, 2.05) is 27.7 Å². The molecule has 0 aromatic heterocycles. The zero-order valence-corrected chi connectivity index (χ0v) is 10.9. The van der Waals surface area contributed by atoms with E-state index >= 15 is 0 Å². The van der Waals surface area contributed by atoms with Crippen LogP contribution in [0.4, 0.5) is 0 Å². The van der Waals surface area contributed by atoms with E-state index in [4.69, 9.17) is 12.2 Å². The van der Waals surface area contributed by atoms with Crippen LogP contribution in [0.15, 0.2) is 0 Å². The first-order valence-corrected chi connectivity index (χ1v) is 5.74. The van der Waals surface area contributed by atoms with Crippen molar-refractivity contribution in [2.75, 3.05) is 6.54 Å². The zero-order valence-electron chi connectivity index (χ0n) is 10.9. The molecule has 0 bridgehead atoms. The van der Waals surface area contributed by atoms with Crippen LogP contribution in [0, 0.1) is 17.8 Å². The Morgan fingerprint density at radius 1 is 1.31 bits per heavy atom. The molecule has 0 aliphatic carbocycles. The molecule has 0 fully saturated rings. The molecule has 0 heterocycles. The molecule has 0 spiro atoms. The minimum Gasteiger partial charge on any atom is -0.356 e. The summed E-state index contributed by atoms with van der Waals surface area (Å²) in [6.45, 7) is 8.13. The Morgan fingerprint density at radius 2 is 1.88 bits per heavy atom. The summed E-state index contributed by atoms with van der Waals surface area (Å²) in [7, 11) is 0. The fourth-order valence-corrected chi connectivity index (χ4v) is 1.07. The Bertz CT molecular complexity index is 269. The Balaban J connectivity index is 4.03. The van der Waals surface area contributed by atoms with E-state index in [-0.39, 0.29) is 5.91 Å². The molecular formula is C13H24N2O. The molecule has 0 aliphatic rings. The summed E-state index contributed by atoms with van der Waals surface area (Å²) < 4.78 is 0. The number of hydrogen-bond donors (Lipinski definition) is 2. The van der Waals surface area contributed by atoms with E-state index in [0.29, 0.717) is 6.54 Å². The lowest BCUT2D eigenvalue weighted by molar-refractivity contribution is -0.132. The van der Waals surface area contributed by atoms with Crippen LogP contribution in [0.3, 0.4) is 0 Å². The Labute approximate surface area is 99.2 Å². The summed E-state index contributed by atoms with van der Waals surface area (Å²) in [6.07, 6.45) is 7.77. The predicted molar refractivity (Wildman–Crippen MR) is 67.7 cm³/mol. The largest absolute Gasteiger partial charge is 0.356 e. The van der Waals surface area contributed by atoms with Crippen molar-refractivity contribution >= 4 is 5.91 Å². The third kappa shape index (κ3) is 4.24. The molecule has 0 atom stereocenters. The number of terminal acetylenes is 1. The molecule has 0 saturated heterocycles. The summed E-state index contributed by atoms with van der Waals surface area (Å²) in [5.74, 6) is 2.58. The maximum atomic E-state index is 11.9. The number of nitrogens with two attached hydrogens (primary N) is 1. The highest BCUT2D eigenvalue weighted by Crippen LogP contribution is 2.28. The Morgan fingerprint density at radius 3 is 2.31 bits per heavy atom. The molecule has 0 rings (SSSR count). The summed E-state index contributed by atoms with van der Waals surface area (Å²) in [5.41, 5.74) is 4.88. The molecule has 0 saturated carbocycles. The molecule has 1 amide bonds. The van der Waals surface area contributed by atoms with Gasteiger partial charge < -0.3 is 11.1 Å². The Hall–Kier alpha value is -1.01. The van der Waals surface area contributed by atoms with Crippen LogP contribution < -0.4 is 11.1 Å². The first-order chi connectivity index (χ1) is 7.23. The number of amides is 1. The fourth-order valence-electron chi connectivity index (χ4n) is 1.07. The van der Waals surface area contributed by atoms with Crippen molar-refractivity contribution < 1.29 is 4.79 Å². The van der Waals surface area contributed by atoms with Crippen molar-refractivity contribution in [2.24, 2.45) is 11.1 Å². The molecule has 0 unspecified atom stereocenters. The van der Waals surface area contributed by atoms with Crippen LogP contribution in [0.5, 0.6) is 0 Å². The second-order valence-corrected chi connectivity index (χ2v) is 5.26. The van der Waals surface area contributed by atoms with Crippen molar-refractivity contribution in [3.63, 3.8) is 0 Å². The Kier molecular flexibility index (Phi) is 5.53. The maximum Gasteiger partial charge on any atom is 0.227 e. The highest BCUT2D eigenvalue weighted by molar-refractivity contribution is 5.83. The number of unbranched alkanes of at least 4 members (excludes halogenated alkanes) is 2. The van der Waals surface area contributed by atoms with Crippen LogP contribution in [0.1, 0.15) is 47.0 Å². The van der Waals surface area contributed by atoms with Crippen molar-refractivity contribution in [3.8, 4) is 12.3 Å². The summed E-state index contributed by atoms with van der Waals surface area (Å²) in [4.78, 5) is 11.9. The number of nitrogens with one attached hydrogen (secondary N) is 1. The molecule has 0 radical (unpaired) electrons. The van der Waals surface area contributed by atoms with Crippen LogP contribution in [-0.4, -0.2) is 18.0 Å². The van der Waals surface area contributed by atoms with E-state index < -0.39 is 11.0 Å². The quantitative estimate of drug-likeness (QED) is 0.532. The topological polar surface area (TPSA) is 55.1 Å². The molecule has 92 valence electrons. The fraction of sp³-hybridized carbons (Fsp3) is 0.769. The molecule has 16 heavy (non-hydrogen) atoms. The monoisotopic (exact) mass is 224 g/mol. The first-order valence-electron chi connectivity index (χ1n) is 5.74. The van der Waals surface area contributed by atoms with Crippen molar-refractivity contribution in [1.29, 1.82) is 0 Å². The SMILES string of the molecule is C#CCCCCNC(=O)C(C)(C)C(C)(C)N. The third-order valence-corrected chi connectivity index (χ3v) is 3.21. The van der Waals surface area contributed by atoms with Gasteiger partial charge in [-0.1, -0.05) is 0 Å². The van der Waals surface area contributed by atoms with Gasteiger partial charge in [-0.2, -0.15) is 0 Å². The molecule has 3 N–H and O–H groups in total. The number of carbonyl (C=O) groups is 1. The van der Waals surface area contributed by atoms with Gasteiger partial charge in [0, 0.05) is 18.5 Å². The van der Waals surface area contributed by atoms with Gasteiger partial charge in [0.15, 0.2) is 0 Å². The summed E-state index contributed by atoms with van der Waals surface area (Å²) >= 11 is 0. The van der Waals surface area contributed by atoms with Gasteiger partial charge in [0.25, 0.3) is 0 Å². The van der Waals surface area contributed by atoms with E-state index in [1.54, 1.807) is 0 Å². The van der Waals surface area contributed by atoms with Crippen LogP contribution in [0.2, 0.25) is 0 Å². The second kappa shape index (κ2) is 5.91. The van der Waals surface area contributed by atoms with Crippen LogP contribution >= 0.6 is 0 Å². The van der Waals surface area contributed by atoms with E-state index in [9.17, 15) is 4.79 Å². The van der Waals surface area contributed by atoms with Crippen molar-refractivity contribution in [3.05, 3.63) is 0 Å². The van der Waals surface area contributed by atoms with Gasteiger partial charge in [-0.3, -0.25) is 4.79 Å². The lowest BCUT2D eigenvalue weighted by atomic mass is 9.74. The predicted octanol–water partition coefficient (Wildman–Crippen LogP) is 1.67. The van der Waals surface area contributed by atoms with E-state index in [1.165, 1.54) is 0 Å². The van der Waals surface area contributed by atoms with Gasteiger partial charge in [-0.25, -0.2) is 0 Å². The van der Waals surface area contributed by atoms with Gasteiger partial charge in [-0.15, -0.1) is 12.3 Å². The molecule has 0 aromatic carbocycles. The number of hydrogen-bond acceptors (Lipinski definition) is 2. The minimum atomic E-state index is -0.570. The van der Waals surface area contributed by atoms with Gasteiger partial charge in [0.05, 0.1) is 5.41 Å². The lowest BCUT2D eigenvalue weighted by Crippen LogP contribution is -2.55. The standard InChI is InChI=1S/C13H24N2O/c1-6-7-8-9-10-15-11(16)12(2,3)13(4,5)14/h1H,7-10,14H2,2-5H3,(H,15,16). The number of carbonyl (C=O) groups excluding carboxylic acids is 1. The van der Waals surface area contributed by atoms with Crippen molar-refractivity contribution in [2.45, 2.75) is 52.5 Å². The molecule has 3 heteroatoms. The second-order valence-electron chi connectivity index (χ2n) is 5.26. The van der Waals surface area contributed by atoms with Gasteiger partial charge in [-0.05, 0) is 40.5 Å². The number of rotatable bonds is 6. The average molecular weight is 224 g/mol. The summed E-state index contributed by atoms with van der Waals surface area (Å²) in [6, 6.07) is 0. The minimum absolute atomic E-state index is 0.000655. The van der Waals surface area contributed by atoms with Crippen molar-refractivity contribution in [1.82, 2.24) is 5.32 Å². The van der Waals surface area contributed by atoms with Gasteiger partial charge in [0.1, 0.15) is 0 Å². The molecule has 0 aliphatic heterocycles. The van der Waals surface area contributed by atoms with Gasteiger partial charge >= 0.3 is 0 Å². The highest BCUT2D eigenvalue weighted by atomic mass is 16.2. The smallest absolute Gasteiger partial charge is 0.227 e. The summed E-state index contributed by atoms with van der Waals surface area (Å²) in [5, 5.41) is 2.90. The zero-order chi connectivity index (χ0) is 12.8.